The van der Waals surface area contributed by atoms with Crippen molar-refractivity contribution in [2.75, 3.05) is 18.5 Å². The molecule has 0 saturated heterocycles. The number of aryl methyl sites for hydroxylation is 1. The Morgan fingerprint density at radius 1 is 1.00 bits per heavy atom. The fraction of sp³-hybridized carbons (Fsp3) is 0.208. The number of nitrogens with one attached hydrogen (secondary N) is 2. The normalized spacial score (nSPS) is 11.7. The van der Waals surface area contributed by atoms with Crippen molar-refractivity contribution in [3.8, 4) is 5.75 Å². The van der Waals surface area contributed by atoms with Crippen LogP contribution in [0.15, 0.2) is 78.9 Å². The SMILES string of the molecule is Cc1ccc(NC(=O)COc2cccc(CNCC(O)c3ccccc3)c2)cc1. The molecule has 0 bridgehead atoms. The van der Waals surface area contributed by atoms with Gasteiger partial charge in [-0.25, -0.2) is 0 Å². The highest BCUT2D eigenvalue weighted by atomic mass is 16.5. The second-order valence-corrected chi connectivity index (χ2v) is 6.91. The molecule has 150 valence electrons. The number of aliphatic hydroxyl groups is 1. The van der Waals surface area contributed by atoms with Crippen molar-refractivity contribution >= 4 is 11.6 Å². The van der Waals surface area contributed by atoms with Crippen LogP contribution in [0.3, 0.4) is 0 Å². The fourth-order valence-corrected chi connectivity index (χ4v) is 2.87. The van der Waals surface area contributed by atoms with E-state index in [1.165, 1.54) is 0 Å². The monoisotopic (exact) mass is 390 g/mol. The second kappa shape index (κ2) is 10.4. The standard InChI is InChI=1S/C24H26N2O3/c1-18-10-12-21(13-11-18)26-24(28)17-29-22-9-5-6-19(14-22)15-25-16-23(27)20-7-3-2-4-8-20/h2-14,23,25,27H,15-17H2,1H3,(H,26,28). The molecule has 0 heterocycles. The van der Waals surface area contributed by atoms with Crippen molar-refractivity contribution in [3.05, 3.63) is 95.6 Å². The van der Waals surface area contributed by atoms with Crippen LogP contribution in [-0.2, 0) is 11.3 Å². The van der Waals surface area contributed by atoms with Crippen LogP contribution in [-0.4, -0.2) is 24.2 Å². The van der Waals surface area contributed by atoms with E-state index in [2.05, 4.69) is 10.6 Å². The van der Waals surface area contributed by atoms with Gasteiger partial charge in [-0.15, -0.1) is 0 Å². The van der Waals surface area contributed by atoms with Gasteiger partial charge in [0.15, 0.2) is 6.61 Å². The minimum absolute atomic E-state index is 0.0581. The van der Waals surface area contributed by atoms with Gasteiger partial charge in [-0.2, -0.15) is 0 Å². The Labute approximate surface area is 171 Å². The predicted octanol–water partition coefficient (Wildman–Crippen LogP) is 3.84. The summed E-state index contributed by atoms with van der Waals surface area (Å²) in [6.45, 7) is 2.99. The van der Waals surface area contributed by atoms with Gasteiger partial charge >= 0.3 is 0 Å². The lowest BCUT2D eigenvalue weighted by Crippen LogP contribution is -2.21. The maximum atomic E-state index is 12.1. The lowest BCUT2D eigenvalue weighted by Gasteiger charge is -2.13. The fourth-order valence-electron chi connectivity index (χ4n) is 2.87. The number of hydrogen-bond acceptors (Lipinski definition) is 4. The number of benzene rings is 3. The van der Waals surface area contributed by atoms with Gasteiger partial charge < -0.3 is 20.5 Å². The average Bonchev–Trinajstić information content (AvgIpc) is 2.75. The van der Waals surface area contributed by atoms with Gasteiger partial charge in [0.2, 0.25) is 0 Å². The number of anilines is 1. The van der Waals surface area contributed by atoms with E-state index in [0.29, 0.717) is 18.8 Å². The summed E-state index contributed by atoms with van der Waals surface area (Å²) < 4.78 is 5.61. The summed E-state index contributed by atoms with van der Waals surface area (Å²) in [5.74, 6) is 0.426. The van der Waals surface area contributed by atoms with Crippen molar-refractivity contribution in [1.82, 2.24) is 5.32 Å². The molecule has 1 amide bonds. The third-order valence-corrected chi connectivity index (χ3v) is 4.45. The summed E-state index contributed by atoms with van der Waals surface area (Å²) in [6.07, 6.45) is -0.555. The molecule has 0 aliphatic carbocycles. The van der Waals surface area contributed by atoms with Gasteiger partial charge in [-0.3, -0.25) is 4.79 Å². The van der Waals surface area contributed by atoms with Gasteiger partial charge in [0.25, 0.3) is 5.91 Å². The Bertz CT molecular complexity index is 911. The molecule has 0 aromatic heterocycles. The average molecular weight is 390 g/mol. The molecule has 0 spiro atoms. The summed E-state index contributed by atoms with van der Waals surface area (Å²) in [5.41, 5.74) is 3.79. The van der Waals surface area contributed by atoms with Gasteiger partial charge in [-0.05, 0) is 42.3 Å². The summed E-state index contributed by atoms with van der Waals surface area (Å²) in [5, 5.41) is 16.3. The molecule has 3 N–H and O–H groups in total. The van der Waals surface area contributed by atoms with E-state index >= 15 is 0 Å². The predicted molar refractivity (Wildman–Crippen MR) is 115 cm³/mol. The lowest BCUT2D eigenvalue weighted by atomic mass is 10.1. The molecule has 1 atom stereocenters. The molecule has 0 aliphatic heterocycles. The molecule has 0 radical (unpaired) electrons. The number of carbonyl (C=O) groups is 1. The van der Waals surface area contributed by atoms with Crippen LogP contribution in [0.1, 0.15) is 22.8 Å². The van der Waals surface area contributed by atoms with Crippen LogP contribution in [0.5, 0.6) is 5.75 Å². The van der Waals surface area contributed by atoms with Crippen LogP contribution < -0.4 is 15.4 Å². The van der Waals surface area contributed by atoms with Crippen LogP contribution in [0.25, 0.3) is 0 Å². The Kier molecular flexibility index (Phi) is 7.39. The van der Waals surface area contributed by atoms with Crippen molar-refractivity contribution in [3.63, 3.8) is 0 Å². The first-order valence-corrected chi connectivity index (χ1v) is 9.62. The van der Waals surface area contributed by atoms with E-state index in [4.69, 9.17) is 4.74 Å². The maximum Gasteiger partial charge on any atom is 0.262 e. The van der Waals surface area contributed by atoms with Crippen LogP contribution in [0, 0.1) is 6.92 Å². The van der Waals surface area contributed by atoms with E-state index in [9.17, 15) is 9.90 Å². The Hall–Kier alpha value is -3.15. The molecule has 3 aromatic rings. The zero-order chi connectivity index (χ0) is 20.5. The number of hydrogen-bond donors (Lipinski definition) is 3. The molecular formula is C24H26N2O3. The quantitative estimate of drug-likeness (QED) is 0.519. The van der Waals surface area contributed by atoms with Crippen molar-refractivity contribution in [2.24, 2.45) is 0 Å². The molecule has 3 rings (SSSR count). The molecule has 0 fully saturated rings. The molecule has 5 nitrogen and oxygen atoms in total. The molecule has 5 heteroatoms. The van der Waals surface area contributed by atoms with Crippen molar-refractivity contribution in [1.29, 1.82) is 0 Å². The van der Waals surface area contributed by atoms with Gasteiger partial charge in [-0.1, -0.05) is 60.2 Å². The Morgan fingerprint density at radius 3 is 2.52 bits per heavy atom. The molecular weight excluding hydrogens is 364 g/mol. The van der Waals surface area contributed by atoms with Gasteiger partial charge in [0, 0.05) is 18.8 Å². The minimum atomic E-state index is -0.555. The van der Waals surface area contributed by atoms with Crippen molar-refractivity contribution < 1.29 is 14.6 Å². The highest BCUT2D eigenvalue weighted by molar-refractivity contribution is 5.91. The molecule has 3 aromatic carbocycles. The number of amides is 1. The van der Waals surface area contributed by atoms with Crippen molar-refractivity contribution in [2.45, 2.75) is 19.6 Å². The van der Waals surface area contributed by atoms with E-state index < -0.39 is 6.10 Å². The zero-order valence-corrected chi connectivity index (χ0v) is 16.5. The minimum Gasteiger partial charge on any atom is -0.484 e. The first kappa shape index (κ1) is 20.6. The molecule has 0 saturated carbocycles. The van der Waals surface area contributed by atoms with Gasteiger partial charge in [0.05, 0.1) is 6.10 Å². The van der Waals surface area contributed by atoms with E-state index in [1.54, 1.807) is 0 Å². The number of ether oxygens (including phenoxy) is 1. The number of rotatable bonds is 9. The molecule has 1 unspecified atom stereocenters. The third-order valence-electron chi connectivity index (χ3n) is 4.45. The highest BCUT2D eigenvalue weighted by Crippen LogP contribution is 2.15. The molecule has 29 heavy (non-hydrogen) atoms. The largest absolute Gasteiger partial charge is 0.484 e. The first-order valence-electron chi connectivity index (χ1n) is 9.62. The Morgan fingerprint density at radius 2 is 1.76 bits per heavy atom. The van der Waals surface area contributed by atoms with E-state index in [-0.39, 0.29) is 12.5 Å². The maximum absolute atomic E-state index is 12.1. The second-order valence-electron chi connectivity index (χ2n) is 6.91. The summed E-state index contributed by atoms with van der Waals surface area (Å²) in [4.78, 5) is 12.1. The zero-order valence-electron chi connectivity index (χ0n) is 16.5. The van der Waals surface area contributed by atoms with Crippen LogP contribution >= 0.6 is 0 Å². The topological polar surface area (TPSA) is 70.6 Å². The lowest BCUT2D eigenvalue weighted by molar-refractivity contribution is -0.118. The summed E-state index contributed by atoms with van der Waals surface area (Å²) in [6, 6.07) is 24.8. The van der Waals surface area contributed by atoms with E-state index in [0.717, 1.165) is 22.4 Å². The van der Waals surface area contributed by atoms with E-state index in [1.807, 2.05) is 85.8 Å². The summed E-state index contributed by atoms with van der Waals surface area (Å²) >= 11 is 0. The third kappa shape index (κ3) is 6.75. The number of aliphatic hydroxyl groups excluding tert-OH is 1. The number of carbonyl (C=O) groups excluding carboxylic acids is 1. The highest BCUT2D eigenvalue weighted by Gasteiger charge is 2.07. The van der Waals surface area contributed by atoms with Crippen LogP contribution in [0.2, 0.25) is 0 Å². The first-order chi connectivity index (χ1) is 14.1. The van der Waals surface area contributed by atoms with Crippen LogP contribution in [0.4, 0.5) is 5.69 Å². The Balaban J connectivity index is 1.44. The summed E-state index contributed by atoms with van der Waals surface area (Å²) in [7, 11) is 0. The smallest absolute Gasteiger partial charge is 0.262 e. The van der Waals surface area contributed by atoms with Gasteiger partial charge in [0.1, 0.15) is 5.75 Å². The molecule has 0 aliphatic rings.